The second-order valence-corrected chi connectivity index (χ2v) is 8.48. The van der Waals surface area contributed by atoms with Crippen molar-refractivity contribution < 1.29 is 0 Å². The lowest BCUT2D eigenvalue weighted by Crippen LogP contribution is -2.21. The van der Waals surface area contributed by atoms with Gasteiger partial charge in [0.1, 0.15) is 5.01 Å². The highest BCUT2D eigenvalue weighted by atomic mass is 32.1. The van der Waals surface area contributed by atoms with Crippen LogP contribution in [0.1, 0.15) is 36.9 Å². The van der Waals surface area contributed by atoms with E-state index in [2.05, 4.69) is 59.6 Å². The minimum absolute atomic E-state index is 0.423. The molecule has 0 aliphatic rings. The minimum atomic E-state index is 0.423. The predicted molar refractivity (Wildman–Crippen MR) is 98.8 cm³/mol. The Kier molecular flexibility index (Phi) is 5.41. The molecule has 1 N–H and O–H groups in total. The SMILES string of the molecule is CC(C)CC(NCc1csc(-c2cccs2)n1)c1cccs1. The number of thiophene rings is 2. The molecule has 0 saturated heterocycles. The van der Waals surface area contributed by atoms with Gasteiger partial charge in [-0.25, -0.2) is 4.98 Å². The zero-order valence-electron chi connectivity index (χ0n) is 12.8. The molecule has 0 aliphatic heterocycles. The highest BCUT2D eigenvalue weighted by molar-refractivity contribution is 7.20. The van der Waals surface area contributed by atoms with Gasteiger partial charge in [0.25, 0.3) is 0 Å². The molecular weight excluding hydrogens is 328 g/mol. The minimum Gasteiger partial charge on any atom is -0.304 e. The number of thiazole rings is 1. The van der Waals surface area contributed by atoms with Crippen LogP contribution in [0.15, 0.2) is 40.4 Å². The van der Waals surface area contributed by atoms with Gasteiger partial charge in [-0.2, -0.15) is 0 Å². The van der Waals surface area contributed by atoms with Gasteiger partial charge >= 0.3 is 0 Å². The Balaban J connectivity index is 1.65. The van der Waals surface area contributed by atoms with Gasteiger partial charge in [0.15, 0.2) is 0 Å². The lowest BCUT2D eigenvalue weighted by Gasteiger charge is -2.19. The maximum absolute atomic E-state index is 4.75. The van der Waals surface area contributed by atoms with E-state index in [4.69, 9.17) is 4.98 Å². The monoisotopic (exact) mass is 348 g/mol. The smallest absolute Gasteiger partial charge is 0.133 e. The van der Waals surface area contributed by atoms with Crippen molar-refractivity contribution >= 4 is 34.0 Å². The quantitative estimate of drug-likeness (QED) is 0.583. The van der Waals surface area contributed by atoms with Gasteiger partial charge in [-0.05, 0) is 35.2 Å². The third-order valence-corrected chi connectivity index (χ3v) is 6.32. The summed E-state index contributed by atoms with van der Waals surface area (Å²) < 4.78 is 0. The lowest BCUT2D eigenvalue weighted by atomic mass is 10.0. The fourth-order valence-electron chi connectivity index (χ4n) is 2.39. The summed E-state index contributed by atoms with van der Waals surface area (Å²) in [5.74, 6) is 0.678. The first-order valence-corrected chi connectivity index (χ1v) is 10.1. The number of hydrogen-bond acceptors (Lipinski definition) is 5. The summed E-state index contributed by atoms with van der Waals surface area (Å²) in [6.07, 6.45) is 1.16. The molecule has 0 spiro atoms. The molecule has 1 unspecified atom stereocenters. The average molecular weight is 349 g/mol. The maximum atomic E-state index is 4.75. The van der Waals surface area contributed by atoms with Crippen molar-refractivity contribution in [3.63, 3.8) is 0 Å². The molecular formula is C17H20N2S3. The predicted octanol–water partition coefficient (Wildman–Crippen LogP) is 5.81. The van der Waals surface area contributed by atoms with E-state index >= 15 is 0 Å². The number of hydrogen-bond donors (Lipinski definition) is 1. The average Bonchev–Trinajstić information content (AvgIpc) is 3.24. The zero-order valence-corrected chi connectivity index (χ0v) is 15.2. The van der Waals surface area contributed by atoms with Crippen LogP contribution in [0.2, 0.25) is 0 Å². The molecule has 0 bridgehead atoms. The number of nitrogens with zero attached hydrogens (tertiary/aromatic N) is 1. The third kappa shape index (κ3) is 4.04. The molecule has 3 rings (SSSR count). The molecule has 116 valence electrons. The standard InChI is InChI=1S/C17H20N2S3/c1-12(2)9-14(15-5-3-7-20-15)18-10-13-11-22-17(19-13)16-6-4-8-21-16/h3-8,11-12,14,18H,9-10H2,1-2H3. The molecule has 5 heteroatoms. The molecule has 3 aromatic heterocycles. The Morgan fingerprint density at radius 1 is 1.09 bits per heavy atom. The van der Waals surface area contributed by atoms with E-state index in [1.807, 2.05) is 11.3 Å². The van der Waals surface area contributed by atoms with E-state index in [-0.39, 0.29) is 0 Å². The summed E-state index contributed by atoms with van der Waals surface area (Å²) in [7, 11) is 0. The van der Waals surface area contributed by atoms with Gasteiger partial charge in [-0.3, -0.25) is 0 Å². The Morgan fingerprint density at radius 3 is 2.59 bits per heavy atom. The molecule has 22 heavy (non-hydrogen) atoms. The van der Waals surface area contributed by atoms with Crippen LogP contribution in [0.4, 0.5) is 0 Å². The van der Waals surface area contributed by atoms with Crippen LogP contribution >= 0.6 is 34.0 Å². The molecule has 2 nitrogen and oxygen atoms in total. The molecule has 3 heterocycles. The number of nitrogens with one attached hydrogen (secondary N) is 1. The summed E-state index contributed by atoms with van der Waals surface area (Å²) in [5, 5.41) is 11.2. The van der Waals surface area contributed by atoms with Crippen LogP contribution < -0.4 is 5.32 Å². The fraction of sp³-hybridized carbons (Fsp3) is 0.353. The van der Waals surface area contributed by atoms with Crippen LogP contribution in [-0.2, 0) is 6.54 Å². The van der Waals surface area contributed by atoms with Crippen molar-refractivity contribution in [3.8, 4) is 9.88 Å². The molecule has 1 atom stereocenters. The molecule has 0 aromatic carbocycles. The van der Waals surface area contributed by atoms with Crippen molar-refractivity contribution in [1.29, 1.82) is 0 Å². The normalized spacial score (nSPS) is 12.9. The molecule has 3 aromatic rings. The van der Waals surface area contributed by atoms with Crippen LogP contribution in [0, 0.1) is 5.92 Å². The maximum Gasteiger partial charge on any atom is 0.133 e. The summed E-state index contributed by atoms with van der Waals surface area (Å²) in [6.45, 7) is 5.39. The third-order valence-electron chi connectivity index (χ3n) is 3.41. The van der Waals surface area contributed by atoms with E-state index in [9.17, 15) is 0 Å². The van der Waals surface area contributed by atoms with E-state index in [0.717, 1.165) is 23.7 Å². The molecule has 0 radical (unpaired) electrons. The van der Waals surface area contributed by atoms with Crippen LogP contribution in [0.25, 0.3) is 9.88 Å². The first-order chi connectivity index (χ1) is 10.7. The van der Waals surface area contributed by atoms with Gasteiger partial charge in [0, 0.05) is 22.8 Å². The number of aromatic nitrogens is 1. The largest absolute Gasteiger partial charge is 0.304 e. The Morgan fingerprint density at radius 2 is 1.91 bits per heavy atom. The van der Waals surface area contributed by atoms with Crippen LogP contribution in [0.3, 0.4) is 0 Å². The Bertz CT molecular complexity index is 669. The first-order valence-electron chi connectivity index (χ1n) is 7.47. The van der Waals surface area contributed by atoms with E-state index in [1.54, 1.807) is 22.7 Å². The van der Waals surface area contributed by atoms with Crippen molar-refractivity contribution in [2.45, 2.75) is 32.9 Å². The molecule has 0 saturated carbocycles. The van der Waals surface area contributed by atoms with Gasteiger partial charge in [-0.15, -0.1) is 34.0 Å². The van der Waals surface area contributed by atoms with Crippen LogP contribution in [-0.4, -0.2) is 4.98 Å². The van der Waals surface area contributed by atoms with Crippen molar-refractivity contribution in [1.82, 2.24) is 10.3 Å². The fourth-order valence-corrected chi connectivity index (χ4v) is 4.84. The second-order valence-electron chi connectivity index (χ2n) is 5.70. The number of rotatable bonds is 7. The summed E-state index contributed by atoms with van der Waals surface area (Å²) in [5.41, 5.74) is 1.14. The summed E-state index contributed by atoms with van der Waals surface area (Å²) in [4.78, 5) is 7.43. The van der Waals surface area contributed by atoms with E-state index in [0.29, 0.717) is 12.0 Å². The van der Waals surface area contributed by atoms with Crippen LogP contribution in [0.5, 0.6) is 0 Å². The van der Waals surface area contributed by atoms with Crippen molar-refractivity contribution in [2.24, 2.45) is 5.92 Å². The van der Waals surface area contributed by atoms with Gasteiger partial charge < -0.3 is 5.32 Å². The summed E-state index contributed by atoms with van der Waals surface area (Å²) in [6, 6.07) is 8.99. The topological polar surface area (TPSA) is 24.9 Å². The molecule has 0 fully saturated rings. The van der Waals surface area contributed by atoms with Gasteiger partial charge in [0.2, 0.25) is 0 Å². The Labute approximate surface area is 143 Å². The van der Waals surface area contributed by atoms with Gasteiger partial charge in [0.05, 0.1) is 10.6 Å². The van der Waals surface area contributed by atoms with E-state index < -0.39 is 0 Å². The molecule has 0 amide bonds. The molecule has 0 aliphatic carbocycles. The first kappa shape index (κ1) is 15.9. The second kappa shape index (κ2) is 7.51. The summed E-state index contributed by atoms with van der Waals surface area (Å²) >= 11 is 5.31. The lowest BCUT2D eigenvalue weighted by molar-refractivity contribution is 0.432. The van der Waals surface area contributed by atoms with Crippen molar-refractivity contribution in [3.05, 3.63) is 51.0 Å². The van der Waals surface area contributed by atoms with E-state index in [1.165, 1.54) is 9.75 Å². The highest BCUT2D eigenvalue weighted by Gasteiger charge is 2.15. The zero-order chi connectivity index (χ0) is 15.4. The Hall–Kier alpha value is -1.01. The van der Waals surface area contributed by atoms with Gasteiger partial charge in [-0.1, -0.05) is 26.0 Å². The highest BCUT2D eigenvalue weighted by Crippen LogP contribution is 2.29. The van der Waals surface area contributed by atoms with Crippen molar-refractivity contribution in [2.75, 3.05) is 0 Å².